The molecule has 120 valence electrons. The Labute approximate surface area is 139 Å². The van der Waals surface area contributed by atoms with Crippen LogP contribution < -0.4 is 0 Å². The first-order chi connectivity index (χ1) is 10.5. The number of hydrogen-bond acceptors (Lipinski definition) is 2. The standard InChI is InChI=1S/C20H28OS/c1-14-9-10-17-13-18(11-12-20(17,3)15(14)2)22-19(21)16-7-5-4-6-8-16/h4-8,14-15,17-18H,9-13H2,1-3H3/t14?,15-,17-,18+,20+/m0/s1. The van der Waals surface area contributed by atoms with E-state index in [-0.39, 0.29) is 5.12 Å². The van der Waals surface area contributed by atoms with E-state index in [1.54, 1.807) is 11.8 Å². The monoisotopic (exact) mass is 316 g/mol. The Morgan fingerprint density at radius 2 is 1.86 bits per heavy atom. The second kappa shape index (κ2) is 6.39. The van der Waals surface area contributed by atoms with Crippen LogP contribution in [0.2, 0.25) is 0 Å². The normalized spacial score (nSPS) is 38.3. The largest absolute Gasteiger partial charge is 0.282 e. The minimum atomic E-state index is 0.256. The summed E-state index contributed by atoms with van der Waals surface area (Å²) in [5, 5.41) is 0.776. The van der Waals surface area contributed by atoms with E-state index >= 15 is 0 Å². The van der Waals surface area contributed by atoms with Crippen molar-refractivity contribution in [1.82, 2.24) is 0 Å². The fourth-order valence-corrected chi connectivity index (χ4v) is 5.83. The number of rotatable bonds is 2. The molecule has 2 saturated carbocycles. The highest BCUT2D eigenvalue weighted by atomic mass is 32.2. The molecule has 0 aromatic heterocycles. The molecule has 0 bridgehead atoms. The molecule has 5 atom stereocenters. The van der Waals surface area contributed by atoms with E-state index < -0.39 is 0 Å². The third-order valence-electron chi connectivity index (χ3n) is 6.63. The zero-order chi connectivity index (χ0) is 15.7. The molecule has 1 aromatic rings. The van der Waals surface area contributed by atoms with Crippen molar-refractivity contribution in [2.75, 3.05) is 0 Å². The Balaban J connectivity index is 1.64. The van der Waals surface area contributed by atoms with Crippen molar-refractivity contribution in [2.45, 2.75) is 58.1 Å². The van der Waals surface area contributed by atoms with Crippen LogP contribution in [0.4, 0.5) is 0 Å². The summed E-state index contributed by atoms with van der Waals surface area (Å²) < 4.78 is 0. The first-order valence-corrected chi connectivity index (χ1v) is 9.64. The Kier molecular flexibility index (Phi) is 4.68. The van der Waals surface area contributed by atoms with Crippen molar-refractivity contribution in [3.8, 4) is 0 Å². The highest BCUT2D eigenvalue weighted by Crippen LogP contribution is 2.56. The molecule has 0 N–H and O–H groups in total. The van der Waals surface area contributed by atoms with Gasteiger partial charge in [-0.3, -0.25) is 4.79 Å². The van der Waals surface area contributed by atoms with Crippen molar-refractivity contribution in [3.63, 3.8) is 0 Å². The predicted octanol–water partition coefficient (Wildman–Crippen LogP) is 5.80. The van der Waals surface area contributed by atoms with E-state index in [0.717, 1.165) is 23.3 Å². The van der Waals surface area contributed by atoms with Gasteiger partial charge in [0, 0.05) is 10.8 Å². The Morgan fingerprint density at radius 3 is 2.59 bits per heavy atom. The van der Waals surface area contributed by atoms with E-state index in [0.29, 0.717) is 10.7 Å². The first kappa shape index (κ1) is 16.1. The van der Waals surface area contributed by atoms with E-state index in [1.165, 1.54) is 32.1 Å². The van der Waals surface area contributed by atoms with Gasteiger partial charge in [0.1, 0.15) is 0 Å². The van der Waals surface area contributed by atoms with Gasteiger partial charge in [0.25, 0.3) is 0 Å². The zero-order valence-corrected chi connectivity index (χ0v) is 14.9. The maximum absolute atomic E-state index is 12.4. The van der Waals surface area contributed by atoms with E-state index in [2.05, 4.69) is 20.8 Å². The molecule has 0 aliphatic heterocycles. The summed E-state index contributed by atoms with van der Waals surface area (Å²) in [4.78, 5) is 12.4. The molecule has 1 aromatic carbocycles. The summed E-state index contributed by atoms with van der Waals surface area (Å²) in [6, 6.07) is 9.75. The van der Waals surface area contributed by atoms with Gasteiger partial charge in [0.2, 0.25) is 5.12 Å². The van der Waals surface area contributed by atoms with Crippen LogP contribution in [-0.4, -0.2) is 10.4 Å². The molecule has 2 aliphatic carbocycles. The summed E-state index contributed by atoms with van der Waals surface area (Å²) in [5.41, 5.74) is 1.36. The highest BCUT2D eigenvalue weighted by molar-refractivity contribution is 8.14. The summed E-state index contributed by atoms with van der Waals surface area (Å²) in [6.07, 6.45) is 6.46. The van der Waals surface area contributed by atoms with Crippen molar-refractivity contribution < 1.29 is 4.79 Å². The van der Waals surface area contributed by atoms with Gasteiger partial charge in [-0.05, 0) is 48.9 Å². The second-order valence-electron chi connectivity index (χ2n) is 7.71. The van der Waals surface area contributed by atoms with E-state index in [9.17, 15) is 4.79 Å². The average Bonchev–Trinajstić information content (AvgIpc) is 2.54. The molecular weight excluding hydrogens is 288 g/mol. The van der Waals surface area contributed by atoms with Gasteiger partial charge < -0.3 is 0 Å². The van der Waals surface area contributed by atoms with Crippen LogP contribution in [0, 0.1) is 23.2 Å². The third-order valence-corrected chi connectivity index (χ3v) is 7.84. The van der Waals surface area contributed by atoms with Gasteiger partial charge in [0.15, 0.2) is 0 Å². The summed E-state index contributed by atoms with van der Waals surface area (Å²) in [6.45, 7) is 7.39. The fourth-order valence-electron chi connectivity index (χ4n) is 4.69. The van der Waals surface area contributed by atoms with Gasteiger partial charge in [-0.25, -0.2) is 0 Å². The molecule has 22 heavy (non-hydrogen) atoms. The van der Waals surface area contributed by atoms with Gasteiger partial charge in [-0.15, -0.1) is 0 Å². The number of benzene rings is 1. The van der Waals surface area contributed by atoms with Crippen molar-refractivity contribution in [2.24, 2.45) is 23.2 Å². The molecule has 2 heteroatoms. The lowest BCUT2D eigenvalue weighted by molar-refractivity contribution is -0.0180. The fraction of sp³-hybridized carbons (Fsp3) is 0.650. The molecular formula is C20H28OS. The topological polar surface area (TPSA) is 17.1 Å². The van der Waals surface area contributed by atoms with Crippen LogP contribution >= 0.6 is 11.8 Å². The number of thioether (sulfide) groups is 1. The van der Waals surface area contributed by atoms with Crippen LogP contribution in [0.5, 0.6) is 0 Å². The minimum absolute atomic E-state index is 0.256. The smallest absolute Gasteiger partial charge is 0.219 e. The minimum Gasteiger partial charge on any atom is -0.282 e. The third kappa shape index (κ3) is 2.99. The molecule has 1 nitrogen and oxygen atoms in total. The second-order valence-corrected chi connectivity index (χ2v) is 8.99. The molecule has 2 aliphatic rings. The van der Waals surface area contributed by atoms with Crippen molar-refractivity contribution >= 4 is 16.9 Å². The summed E-state index contributed by atoms with van der Waals surface area (Å²) in [5.74, 6) is 2.49. The lowest BCUT2D eigenvalue weighted by atomic mass is 9.53. The Bertz CT molecular complexity index is 526. The number of carbonyl (C=O) groups excluding carboxylic acids is 1. The molecule has 0 amide bonds. The summed E-state index contributed by atoms with van der Waals surface area (Å²) >= 11 is 1.59. The van der Waals surface area contributed by atoms with E-state index in [1.807, 2.05) is 30.3 Å². The Hall–Kier alpha value is -0.760. The van der Waals surface area contributed by atoms with Crippen LogP contribution in [-0.2, 0) is 0 Å². The molecule has 0 spiro atoms. The summed E-state index contributed by atoms with van der Waals surface area (Å²) in [7, 11) is 0. The quantitative estimate of drug-likeness (QED) is 0.685. The molecule has 1 unspecified atom stereocenters. The van der Waals surface area contributed by atoms with Gasteiger partial charge >= 0.3 is 0 Å². The molecule has 0 radical (unpaired) electrons. The number of hydrogen-bond donors (Lipinski definition) is 0. The molecule has 3 rings (SSSR count). The predicted molar refractivity (Wildman–Crippen MR) is 95.2 cm³/mol. The van der Waals surface area contributed by atoms with Crippen LogP contribution in [0.3, 0.4) is 0 Å². The lowest BCUT2D eigenvalue weighted by Crippen LogP contribution is -2.45. The number of carbonyl (C=O) groups is 1. The number of fused-ring (bicyclic) bond motifs is 1. The Morgan fingerprint density at radius 1 is 1.14 bits per heavy atom. The highest BCUT2D eigenvalue weighted by Gasteiger charge is 2.47. The van der Waals surface area contributed by atoms with Gasteiger partial charge in [-0.2, -0.15) is 0 Å². The molecule has 2 fully saturated rings. The van der Waals surface area contributed by atoms with Crippen molar-refractivity contribution in [1.29, 1.82) is 0 Å². The average molecular weight is 317 g/mol. The zero-order valence-electron chi connectivity index (χ0n) is 14.0. The molecule has 0 heterocycles. The van der Waals surface area contributed by atoms with Crippen LogP contribution in [0.25, 0.3) is 0 Å². The van der Waals surface area contributed by atoms with Crippen LogP contribution in [0.15, 0.2) is 30.3 Å². The van der Waals surface area contributed by atoms with E-state index in [4.69, 9.17) is 0 Å². The SMILES string of the molecule is CC1CC[C@H]2C[C@H](SC(=O)c3ccccc3)CC[C@]2(C)[C@H]1C. The lowest BCUT2D eigenvalue weighted by Gasteiger charge is -2.53. The maximum atomic E-state index is 12.4. The van der Waals surface area contributed by atoms with Gasteiger partial charge in [0.05, 0.1) is 0 Å². The first-order valence-electron chi connectivity index (χ1n) is 8.76. The van der Waals surface area contributed by atoms with Crippen molar-refractivity contribution in [3.05, 3.63) is 35.9 Å². The van der Waals surface area contributed by atoms with Crippen LogP contribution in [0.1, 0.15) is 63.2 Å². The maximum Gasteiger partial charge on any atom is 0.219 e. The van der Waals surface area contributed by atoms with Gasteiger partial charge in [-0.1, -0.05) is 69.3 Å². The molecule has 0 saturated heterocycles.